The molecule has 0 aliphatic carbocycles. The van der Waals surface area contributed by atoms with Gasteiger partial charge in [-0.2, -0.15) is 0 Å². The van der Waals surface area contributed by atoms with Crippen molar-refractivity contribution in [1.82, 2.24) is 4.90 Å². The predicted octanol–water partition coefficient (Wildman–Crippen LogP) is 8.05. The number of fused-ring (bicyclic) bond motifs is 1. The van der Waals surface area contributed by atoms with E-state index in [0.29, 0.717) is 34.5 Å². The second-order valence-corrected chi connectivity index (χ2v) is 10.5. The summed E-state index contributed by atoms with van der Waals surface area (Å²) in [6.07, 6.45) is 4.05. The highest BCUT2D eigenvalue weighted by Gasteiger charge is 2.35. The molecule has 1 aliphatic rings. The Morgan fingerprint density at radius 3 is 2.44 bits per heavy atom. The van der Waals surface area contributed by atoms with Crippen LogP contribution in [0.2, 0.25) is 5.02 Å². The van der Waals surface area contributed by atoms with E-state index in [1.54, 1.807) is 25.3 Å². The van der Waals surface area contributed by atoms with Gasteiger partial charge in [-0.05, 0) is 82.1 Å². The van der Waals surface area contributed by atoms with E-state index in [-0.39, 0.29) is 17.7 Å². The number of ether oxygens (including phenoxy) is 2. The third-order valence-corrected chi connectivity index (χ3v) is 7.52. The molecule has 0 atom stereocenters. The molecule has 4 aromatic carbocycles. The van der Waals surface area contributed by atoms with Crippen LogP contribution in [0.3, 0.4) is 0 Å². The van der Waals surface area contributed by atoms with Crippen LogP contribution in [-0.4, -0.2) is 23.2 Å². The van der Waals surface area contributed by atoms with E-state index in [2.05, 4.69) is 6.58 Å². The van der Waals surface area contributed by atoms with Gasteiger partial charge in [0, 0.05) is 10.6 Å². The SMILES string of the molecule is C=CCc1cc(/C=C2\SC(=O)N(Cc3ccc4ccccc4c3)C2=O)cc(OC)c1OCc1ccc(Cl)cc1. The van der Waals surface area contributed by atoms with Crippen molar-refractivity contribution in [3.05, 3.63) is 124 Å². The minimum atomic E-state index is -0.314. The molecule has 0 N–H and O–H groups in total. The molecule has 0 radical (unpaired) electrons. The summed E-state index contributed by atoms with van der Waals surface area (Å²) >= 11 is 6.93. The molecular formula is C32H26ClNO4S. The lowest BCUT2D eigenvalue weighted by atomic mass is 10.0. The number of hydrogen-bond acceptors (Lipinski definition) is 5. The summed E-state index contributed by atoms with van der Waals surface area (Å²) < 4.78 is 11.8. The first-order valence-electron chi connectivity index (χ1n) is 12.4. The molecule has 196 valence electrons. The lowest BCUT2D eigenvalue weighted by molar-refractivity contribution is -0.123. The number of hydrogen-bond donors (Lipinski definition) is 0. The van der Waals surface area contributed by atoms with Crippen LogP contribution in [0.5, 0.6) is 11.5 Å². The van der Waals surface area contributed by atoms with Crippen LogP contribution in [0.25, 0.3) is 16.8 Å². The normalized spacial score (nSPS) is 14.3. The van der Waals surface area contributed by atoms with Crippen molar-refractivity contribution in [2.75, 3.05) is 7.11 Å². The molecule has 2 amide bonds. The van der Waals surface area contributed by atoms with E-state index < -0.39 is 0 Å². The minimum absolute atomic E-state index is 0.218. The monoisotopic (exact) mass is 555 g/mol. The van der Waals surface area contributed by atoms with E-state index in [4.69, 9.17) is 21.1 Å². The van der Waals surface area contributed by atoms with Gasteiger partial charge in [0.15, 0.2) is 11.5 Å². The largest absolute Gasteiger partial charge is 0.493 e. The highest BCUT2D eigenvalue weighted by molar-refractivity contribution is 8.18. The van der Waals surface area contributed by atoms with Crippen LogP contribution in [-0.2, 0) is 24.4 Å². The zero-order valence-corrected chi connectivity index (χ0v) is 22.9. The summed E-state index contributed by atoms with van der Waals surface area (Å²) in [5.41, 5.74) is 3.46. The van der Waals surface area contributed by atoms with Crippen molar-refractivity contribution in [2.24, 2.45) is 0 Å². The van der Waals surface area contributed by atoms with Gasteiger partial charge >= 0.3 is 0 Å². The number of methoxy groups -OCH3 is 1. The predicted molar refractivity (Wildman–Crippen MR) is 158 cm³/mol. The smallest absolute Gasteiger partial charge is 0.293 e. The van der Waals surface area contributed by atoms with E-state index in [1.807, 2.05) is 72.8 Å². The highest BCUT2D eigenvalue weighted by atomic mass is 35.5. The van der Waals surface area contributed by atoms with Crippen LogP contribution < -0.4 is 9.47 Å². The Balaban J connectivity index is 1.38. The Bertz CT molecular complexity index is 1600. The van der Waals surface area contributed by atoms with Crippen LogP contribution in [0.15, 0.2) is 96.4 Å². The molecule has 0 unspecified atom stereocenters. The molecule has 7 heteroatoms. The molecule has 39 heavy (non-hydrogen) atoms. The van der Waals surface area contributed by atoms with E-state index in [0.717, 1.165) is 44.8 Å². The van der Waals surface area contributed by atoms with Gasteiger partial charge in [-0.25, -0.2) is 0 Å². The maximum absolute atomic E-state index is 13.2. The van der Waals surface area contributed by atoms with Gasteiger partial charge in [0.2, 0.25) is 0 Å². The summed E-state index contributed by atoms with van der Waals surface area (Å²) in [5.74, 6) is 0.823. The molecule has 4 aromatic rings. The van der Waals surface area contributed by atoms with Crippen molar-refractivity contribution in [3.63, 3.8) is 0 Å². The molecule has 5 rings (SSSR count). The first kappa shape index (κ1) is 26.6. The molecule has 0 aromatic heterocycles. The van der Waals surface area contributed by atoms with Crippen LogP contribution in [0.1, 0.15) is 22.3 Å². The van der Waals surface area contributed by atoms with Crippen molar-refractivity contribution in [1.29, 1.82) is 0 Å². The van der Waals surface area contributed by atoms with Crippen LogP contribution in [0, 0.1) is 0 Å². The molecule has 5 nitrogen and oxygen atoms in total. The first-order chi connectivity index (χ1) is 18.9. The Labute approximate surface area is 236 Å². The fraction of sp³-hybridized carbons (Fsp3) is 0.125. The molecule has 1 aliphatic heterocycles. The number of rotatable bonds is 9. The van der Waals surface area contributed by atoms with Gasteiger partial charge in [-0.15, -0.1) is 6.58 Å². The third-order valence-electron chi connectivity index (χ3n) is 6.36. The fourth-order valence-corrected chi connectivity index (χ4v) is 5.40. The molecule has 1 saturated heterocycles. The van der Waals surface area contributed by atoms with Gasteiger partial charge in [-0.1, -0.05) is 66.2 Å². The zero-order valence-electron chi connectivity index (χ0n) is 21.4. The van der Waals surface area contributed by atoms with Crippen LogP contribution >= 0.6 is 23.4 Å². The van der Waals surface area contributed by atoms with Gasteiger partial charge in [0.05, 0.1) is 18.6 Å². The van der Waals surface area contributed by atoms with Gasteiger partial charge in [-0.3, -0.25) is 14.5 Å². The van der Waals surface area contributed by atoms with Gasteiger partial charge in [0.1, 0.15) is 6.61 Å². The molecule has 1 fully saturated rings. The van der Waals surface area contributed by atoms with Gasteiger partial charge < -0.3 is 9.47 Å². The standard InChI is InChI=1S/C32H26ClNO4S/c1-3-6-26-16-23(17-28(37-2)30(26)38-20-21-10-13-27(33)14-11-21)18-29-31(35)34(32(36)39-29)19-22-9-12-24-7-4-5-8-25(24)15-22/h3-5,7-18H,1,6,19-20H2,2H3/b29-18-. The number of thioether (sulfide) groups is 1. The second kappa shape index (κ2) is 11.8. The number of benzene rings is 4. The lowest BCUT2D eigenvalue weighted by Gasteiger charge is -2.16. The fourth-order valence-electron chi connectivity index (χ4n) is 4.43. The van der Waals surface area contributed by atoms with E-state index >= 15 is 0 Å². The summed E-state index contributed by atoms with van der Waals surface area (Å²) in [6, 6.07) is 25.2. The maximum atomic E-state index is 13.2. The lowest BCUT2D eigenvalue weighted by Crippen LogP contribution is -2.27. The summed E-state index contributed by atoms with van der Waals surface area (Å²) in [7, 11) is 1.57. The number of amides is 2. The van der Waals surface area contributed by atoms with Crippen molar-refractivity contribution >= 4 is 51.4 Å². The Morgan fingerprint density at radius 1 is 0.949 bits per heavy atom. The number of allylic oxidation sites excluding steroid dienone is 1. The minimum Gasteiger partial charge on any atom is -0.493 e. The quantitative estimate of drug-likeness (QED) is 0.154. The number of nitrogens with zero attached hydrogens (tertiary/aromatic N) is 1. The first-order valence-corrected chi connectivity index (χ1v) is 13.6. The molecular weight excluding hydrogens is 530 g/mol. The van der Waals surface area contributed by atoms with Gasteiger partial charge in [0.25, 0.3) is 11.1 Å². The number of halogens is 1. The van der Waals surface area contributed by atoms with E-state index in [9.17, 15) is 9.59 Å². The Morgan fingerprint density at radius 2 is 1.69 bits per heavy atom. The average Bonchev–Trinajstić information content (AvgIpc) is 3.20. The highest BCUT2D eigenvalue weighted by Crippen LogP contribution is 2.38. The Kier molecular flexibility index (Phi) is 8.05. The molecule has 0 saturated carbocycles. The average molecular weight is 556 g/mol. The second-order valence-electron chi connectivity index (χ2n) is 9.07. The summed E-state index contributed by atoms with van der Waals surface area (Å²) in [6.45, 7) is 4.42. The van der Waals surface area contributed by atoms with Crippen molar-refractivity contribution in [2.45, 2.75) is 19.6 Å². The van der Waals surface area contributed by atoms with E-state index in [1.165, 1.54) is 4.90 Å². The summed E-state index contributed by atoms with van der Waals surface area (Å²) in [5, 5.41) is 2.55. The Hall–Kier alpha value is -4.00. The number of carbonyl (C=O) groups is 2. The van der Waals surface area contributed by atoms with Crippen LogP contribution in [0.4, 0.5) is 4.79 Å². The summed E-state index contributed by atoms with van der Waals surface area (Å²) in [4.78, 5) is 27.7. The van der Waals surface area contributed by atoms with Crippen molar-refractivity contribution < 1.29 is 19.1 Å². The third kappa shape index (κ3) is 6.03. The number of imide groups is 1. The topological polar surface area (TPSA) is 55.8 Å². The zero-order chi connectivity index (χ0) is 27.4. The van der Waals surface area contributed by atoms with Crippen molar-refractivity contribution in [3.8, 4) is 11.5 Å². The molecule has 1 heterocycles. The maximum Gasteiger partial charge on any atom is 0.293 e. The molecule has 0 spiro atoms. The molecule has 0 bridgehead atoms. The number of carbonyl (C=O) groups excluding carboxylic acids is 2.